The molecular weight excluding hydrogens is 147 g/mol. The van der Waals surface area contributed by atoms with Crippen LogP contribution >= 0.6 is 11.8 Å². The van der Waals surface area contributed by atoms with Crippen LogP contribution in [-0.4, -0.2) is 10.5 Å². The summed E-state index contributed by atoms with van der Waals surface area (Å²) in [5.41, 5.74) is 0. The molecule has 0 aromatic rings. The van der Waals surface area contributed by atoms with Gasteiger partial charge in [-0.1, -0.05) is 27.2 Å². The van der Waals surface area contributed by atoms with Crippen LogP contribution in [-0.2, 0) is 0 Å². The van der Waals surface area contributed by atoms with Gasteiger partial charge >= 0.3 is 18.9 Å². The largest absolute Gasteiger partial charge is 1.00 e. The number of hydrogen-bond acceptors (Lipinski definition) is 1. The first-order chi connectivity index (χ1) is 4.56. The number of hydrogen-bond donors (Lipinski definition) is 0. The van der Waals surface area contributed by atoms with E-state index in [4.69, 9.17) is 0 Å². The molecule has 0 N–H and O–H groups in total. The fraction of sp³-hybridized carbons (Fsp3) is 0.889. The molecule has 0 aliphatic rings. The molecule has 0 rings (SSSR count). The second-order valence-corrected chi connectivity index (χ2v) is 5.44. The van der Waals surface area contributed by atoms with Crippen molar-refractivity contribution >= 4 is 11.8 Å². The first-order valence-electron chi connectivity index (χ1n) is 3.99. The molecule has 0 radical (unpaired) electrons. The van der Waals surface area contributed by atoms with Crippen LogP contribution in [0, 0.1) is 6.92 Å². The number of rotatable bonds is 4. The van der Waals surface area contributed by atoms with Gasteiger partial charge in [-0.25, -0.2) is 0 Å². The van der Waals surface area contributed by atoms with Crippen molar-refractivity contribution in [1.82, 2.24) is 0 Å². The molecule has 0 unspecified atom stereocenters. The summed E-state index contributed by atoms with van der Waals surface area (Å²) in [6.45, 7) is 10.6. The molecule has 2 heteroatoms. The Labute approximate surface area is 88.1 Å². The average Bonchev–Trinajstić information content (AvgIpc) is 1.78. The minimum absolute atomic E-state index is 0. The van der Waals surface area contributed by atoms with Gasteiger partial charge in [0, 0.05) is 4.75 Å². The van der Waals surface area contributed by atoms with Crippen molar-refractivity contribution in [2.24, 2.45) is 0 Å². The molecule has 0 spiro atoms. The third-order valence-electron chi connectivity index (χ3n) is 1.18. The second kappa shape index (κ2) is 7.59. The zero-order valence-electron chi connectivity index (χ0n) is 8.44. The zero-order valence-corrected chi connectivity index (χ0v) is 9.26. The van der Waals surface area contributed by atoms with E-state index in [1.807, 2.05) is 11.8 Å². The van der Waals surface area contributed by atoms with E-state index in [1.54, 1.807) is 0 Å². The normalized spacial score (nSPS) is 10.9. The standard InChI is InChI=1S/C9H19S.Li/c1-5-6-7-8-10-9(2,3)4;/h1,5-8H2,2-4H3;/q-1;+1. The SMILES string of the molecule is [CH2-]CCCCSC(C)(C)C.[Li+]. The Morgan fingerprint density at radius 1 is 1.18 bits per heavy atom. The predicted molar refractivity (Wildman–Crippen MR) is 51.4 cm³/mol. The summed E-state index contributed by atoms with van der Waals surface area (Å²) in [5.74, 6) is 1.29. The van der Waals surface area contributed by atoms with Gasteiger partial charge in [-0.2, -0.15) is 18.2 Å². The van der Waals surface area contributed by atoms with Gasteiger partial charge in [0.1, 0.15) is 0 Å². The summed E-state index contributed by atoms with van der Waals surface area (Å²) in [6.07, 6.45) is 3.69. The number of unbranched alkanes of at least 4 members (excludes halogenated alkanes) is 2. The minimum atomic E-state index is 0. The molecule has 0 bridgehead atoms. The maximum Gasteiger partial charge on any atom is 1.00 e. The summed E-state index contributed by atoms with van der Waals surface area (Å²) in [7, 11) is 0. The van der Waals surface area contributed by atoms with E-state index >= 15 is 0 Å². The molecule has 0 amide bonds. The van der Waals surface area contributed by atoms with Gasteiger partial charge in [-0.3, -0.25) is 0 Å². The Balaban J connectivity index is 0. The molecule has 0 nitrogen and oxygen atoms in total. The fourth-order valence-electron chi connectivity index (χ4n) is 0.657. The van der Waals surface area contributed by atoms with E-state index in [9.17, 15) is 0 Å². The predicted octanol–water partition coefficient (Wildman–Crippen LogP) is 0.526. The van der Waals surface area contributed by atoms with Crippen LogP contribution in [0.4, 0.5) is 0 Å². The third kappa shape index (κ3) is 13.9. The zero-order chi connectivity index (χ0) is 8.04. The molecule has 62 valence electrons. The summed E-state index contributed by atoms with van der Waals surface area (Å²) in [5, 5.41) is 0. The van der Waals surface area contributed by atoms with Crippen LogP contribution in [0.3, 0.4) is 0 Å². The molecule has 0 aliphatic heterocycles. The Hall–Kier alpha value is 0.947. The summed E-state index contributed by atoms with van der Waals surface area (Å²) in [6, 6.07) is 0. The van der Waals surface area contributed by atoms with Crippen LogP contribution in [0.15, 0.2) is 0 Å². The molecule has 0 saturated heterocycles. The van der Waals surface area contributed by atoms with Gasteiger partial charge in [0.05, 0.1) is 0 Å². The Morgan fingerprint density at radius 3 is 2.09 bits per heavy atom. The Morgan fingerprint density at radius 2 is 1.73 bits per heavy atom. The van der Waals surface area contributed by atoms with Gasteiger partial charge in [0.15, 0.2) is 0 Å². The molecule has 0 aromatic carbocycles. The fourth-order valence-corrected chi connectivity index (χ4v) is 1.62. The van der Waals surface area contributed by atoms with Gasteiger partial charge in [-0.15, -0.1) is 0 Å². The van der Waals surface area contributed by atoms with E-state index in [2.05, 4.69) is 27.7 Å². The van der Waals surface area contributed by atoms with Crippen molar-refractivity contribution < 1.29 is 18.9 Å². The molecule has 0 atom stereocenters. The maximum atomic E-state index is 3.81. The van der Waals surface area contributed by atoms with Crippen LogP contribution in [0.25, 0.3) is 0 Å². The second-order valence-electron chi connectivity index (χ2n) is 3.52. The van der Waals surface area contributed by atoms with E-state index in [0.717, 1.165) is 6.42 Å². The first-order valence-corrected chi connectivity index (χ1v) is 4.98. The van der Waals surface area contributed by atoms with Crippen LogP contribution in [0.5, 0.6) is 0 Å². The smallest absolute Gasteiger partial charge is 0.343 e. The van der Waals surface area contributed by atoms with Gasteiger partial charge < -0.3 is 6.92 Å². The van der Waals surface area contributed by atoms with E-state index in [0.29, 0.717) is 4.75 Å². The quantitative estimate of drug-likeness (QED) is 0.333. The molecule has 11 heavy (non-hydrogen) atoms. The van der Waals surface area contributed by atoms with Crippen molar-refractivity contribution in [3.63, 3.8) is 0 Å². The van der Waals surface area contributed by atoms with E-state index in [-0.39, 0.29) is 18.9 Å². The van der Waals surface area contributed by atoms with Gasteiger partial charge in [0.2, 0.25) is 0 Å². The maximum absolute atomic E-state index is 3.81. The topological polar surface area (TPSA) is 0 Å². The van der Waals surface area contributed by atoms with Crippen molar-refractivity contribution in [2.75, 3.05) is 5.75 Å². The van der Waals surface area contributed by atoms with Crippen molar-refractivity contribution in [3.05, 3.63) is 6.92 Å². The first kappa shape index (κ1) is 14.5. The van der Waals surface area contributed by atoms with E-state index < -0.39 is 0 Å². The minimum Gasteiger partial charge on any atom is -0.343 e. The van der Waals surface area contributed by atoms with Crippen molar-refractivity contribution in [3.8, 4) is 0 Å². The monoisotopic (exact) mass is 166 g/mol. The molecule has 0 aromatic heterocycles. The molecule has 0 aliphatic carbocycles. The van der Waals surface area contributed by atoms with Gasteiger partial charge in [0.25, 0.3) is 0 Å². The van der Waals surface area contributed by atoms with Crippen LogP contribution < -0.4 is 18.9 Å². The Bertz CT molecular complexity index is 76.1. The van der Waals surface area contributed by atoms with Crippen LogP contribution in [0.2, 0.25) is 0 Å². The summed E-state index contributed by atoms with van der Waals surface area (Å²) in [4.78, 5) is 0. The van der Waals surface area contributed by atoms with Gasteiger partial charge in [-0.05, 0) is 12.2 Å². The summed E-state index contributed by atoms with van der Waals surface area (Å²) >= 11 is 2.05. The molecule has 0 saturated carbocycles. The Kier molecular flexibility index (Phi) is 9.98. The number of thioether (sulfide) groups is 1. The third-order valence-corrected chi connectivity index (χ3v) is 2.54. The molecule has 0 heterocycles. The summed E-state index contributed by atoms with van der Waals surface area (Å²) < 4.78 is 0.446. The van der Waals surface area contributed by atoms with Crippen molar-refractivity contribution in [1.29, 1.82) is 0 Å². The average molecular weight is 166 g/mol. The van der Waals surface area contributed by atoms with E-state index in [1.165, 1.54) is 18.6 Å². The molecule has 0 fully saturated rings. The van der Waals surface area contributed by atoms with Crippen molar-refractivity contribution in [2.45, 2.75) is 44.8 Å². The van der Waals surface area contributed by atoms with Crippen LogP contribution in [0.1, 0.15) is 40.0 Å². The molecular formula is C9H19LiS.